The van der Waals surface area contributed by atoms with Gasteiger partial charge in [0.25, 0.3) is 0 Å². The third-order valence-electron chi connectivity index (χ3n) is 6.64. The Labute approximate surface area is 214 Å². The van der Waals surface area contributed by atoms with Gasteiger partial charge in [-0.05, 0) is 56.7 Å². The number of rotatable bonds is 10. The van der Waals surface area contributed by atoms with Crippen LogP contribution in [0.15, 0.2) is 91.0 Å². The summed E-state index contributed by atoms with van der Waals surface area (Å²) >= 11 is 0. The van der Waals surface area contributed by atoms with E-state index in [0.29, 0.717) is 19.3 Å². The molecule has 0 bridgehead atoms. The van der Waals surface area contributed by atoms with Crippen molar-refractivity contribution < 1.29 is 19.4 Å². The molecule has 0 radical (unpaired) electrons. The summed E-state index contributed by atoms with van der Waals surface area (Å²) in [5, 5.41) is 13.9. The van der Waals surface area contributed by atoms with Gasteiger partial charge in [-0.3, -0.25) is 0 Å². The van der Waals surface area contributed by atoms with Crippen LogP contribution in [0.25, 0.3) is 0 Å². The molecular formula is C31H37NO4. The van der Waals surface area contributed by atoms with Crippen LogP contribution in [0.5, 0.6) is 0 Å². The summed E-state index contributed by atoms with van der Waals surface area (Å²) in [4.78, 5) is 12.8. The summed E-state index contributed by atoms with van der Waals surface area (Å²) in [6, 6.07) is 30.2. The number of benzene rings is 3. The van der Waals surface area contributed by atoms with Crippen LogP contribution in [0.2, 0.25) is 0 Å². The van der Waals surface area contributed by atoms with Crippen LogP contribution in [0, 0.1) is 5.41 Å². The third kappa shape index (κ3) is 6.96. The highest BCUT2D eigenvalue weighted by molar-refractivity contribution is 5.68. The van der Waals surface area contributed by atoms with Gasteiger partial charge in [0.05, 0.1) is 18.8 Å². The summed E-state index contributed by atoms with van der Waals surface area (Å²) < 4.78 is 11.9. The van der Waals surface area contributed by atoms with Crippen molar-refractivity contribution in [3.05, 3.63) is 108 Å². The summed E-state index contributed by atoms with van der Waals surface area (Å²) in [5.41, 5.74) is 2.28. The zero-order valence-electron chi connectivity index (χ0n) is 21.4. The van der Waals surface area contributed by atoms with Gasteiger partial charge in [0.15, 0.2) is 0 Å². The summed E-state index contributed by atoms with van der Waals surface area (Å²) in [7, 11) is 0. The first-order chi connectivity index (χ1) is 17.3. The fraction of sp³-hybridized carbons (Fsp3) is 0.387. The molecule has 36 heavy (non-hydrogen) atoms. The predicted octanol–water partition coefficient (Wildman–Crippen LogP) is 5.35. The second kappa shape index (κ2) is 11.3. The number of ether oxygens (including phenoxy) is 2. The maximum absolute atomic E-state index is 12.8. The second-order valence-electron chi connectivity index (χ2n) is 10.8. The quantitative estimate of drug-likeness (QED) is 0.378. The minimum absolute atomic E-state index is 0.0253. The van der Waals surface area contributed by atoms with E-state index >= 15 is 0 Å². The molecular weight excluding hydrogens is 450 g/mol. The van der Waals surface area contributed by atoms with Crippen molar-refractivity contribution in [3.63, 3.8) is 0 Å². The van der Waals surface area contributed by atoms with Gasteiger partial charge in [0, 0.05) is 5.41 Å². The van der Waals surface area contributed by atoms with E-state index < -0.39 is 17.1 Å². The summed E-state index contributed by atoms with van der Waals surface area (Å²) in [6.07, 6.45) is 1.04. The Morgan fingerprint density at radius 1 is 0.861 bits per heavy atom. The first-order valence-electron chi connectivity index (χ1n) is 12.7. The lowest BCUT2D eigenvalue weighted by atomic mass is 9.72. The van der Waals surface area contributed by atoms with Gasteiger partial charge < -0.3 is 19.9 Å². The van der Waals surface area contributed by atoms with Crippen molar-refractivity contribution in [3.8, 4) is 0 Å². The molecule has 2 N–H and O–H groups in total. The van der Waals surface area contributed by atoms with Gasteiger partial charge in [0.1, 0.15) is 11.7 Å². The minimum atomic E-state index is -0.597. The van der Waals surface area contributed by atoms with Crippen LogP contribution < -0.4 is 5.32 Å². The molecule has 0 saturated carbocycles. The Kier molecular flexibility index (Phi) is 8.12. The number of carbonyl (C=O) groups is 1. The molecule has 0 aromatic heterocycles. The number of aliphatic hydroxyl groups is 1. The zero-order valence-corrected chi connectivity index (χ0v) is 21.4. The topological polar surface area (TPSA) is 71.1 Å². The van der Waals surface area contributed by atoms with E-state index in [1.807, 2.05) is 87.5 Å². The molecule has 4 rings (SSSR count). The number of nitrogens with one attached hydrogen (secondary N) is 1. The van der Waals surface area contributed by atoms with E-state index in [4.69, 9.17) is 9.47 Å². The largest absolute Gasteiger partial charge is 0.444 e. The number of hydrogen-bond acceptors (Lipinski definition) is 4. The van der Waals surface area contributed by atoms with E-state index in [9.17, 15) is 9.90 Å². The average molecular weight is 488 g/mol. The highest BCUT2D eigenvalue weighted by Gasteiger charge is 2.57. The molecule has 0 aliphatic carbocycles. The van der Waals surface area contributed by atoms with Crippen LogP contribution in [0.1, 0.15) is 37.5 Å². The molecule has 3 aromatic carbocycles. The van der Waals surface area contributed by atoms with E-state index in [2.05, 4.69) is 29.6 Å². The molecule has 0 unspecified atom stereocenters. The number of aliphatic hydroxyl groups excluding tert-OH is 1. The Morgan fingerprint density at radius 3 is 1.78 bits per heavy atom. The smallest absolute Gasteiger partial charge is 0.407 e. The maximum Gasteiger partial charge on any atom is 0.407 e. The molecule has 5 heteroatoms. The van der Waals surface area contributed by atoms with Crippen molar-refractivity contribution in [1.29, 1.82) is 0 Å². The van der Waals surface area contributed by atoms with Crippen LogP contribution >= 0.6 is 0 Å². The Morgan fingerprint density at radius 2 is 1.33 bits per heavy atom. The van der Waals surface area contributed by atoms with Crippen molar-refractivity contribution in [2.45, 2.75) is 63.9 Å². The van der Waals surface area contributed by atoms with E-state index in [1.165, 1.54) is 0 Å². The first-order valence-corrected chi connectivity index (χ1v) is 12.7. The first kappa shape index (κ1) is 25.9. The average Bonchev–Trinajstić information content (AvgIpc) is 3.66. The van der Waals surface area contributed by atoms with Gasteiger partial charge in [-0.1, -0.05) is 91.0 Å². The highest BCUT2D eigenvalue weighted by atomic mass is 16.6. The fourth-order valence-corrected chi connectivity index (χ4v) is 4.97. The lowest BCUT2D eigenvalue weighted by molar-refractivity contribution is 0.0495. The van der Waals surface area contributed by atoms with Crippen molar-refractivity contribution in [2.24, 2.45) is 5.41 Å². The number of carbonyl (C=O) groups excluding carboxylic acids is 1. The van der Waals surface area contributed by atoms with Gasteiger partial charge in [-0.15, -0.1) is 0 Å². The van der Waals surface area contributed by atoms with Gasteiger partial charge >= 0.3 is 6.09 Å². The maximum atomic E-state index is 12.8. The zero-order chi connectivity index (χ0) is 25.6. The monoisotopic (exact) mass is 487 g/mol. The van der Waals surface area contributed by atoms with Crippen LogP contribution in [0.4, 0.5) is 4.79 Å². The lowest BCUT2D eigenvalue weighted by Crippen LogP contribution is -2.46. The van der Waals surface area contributed by atoms with E-state index in [1.54, 1.807) is 0 Å². The minimum Gasteiger partial charge on any atom is -0.444 e. The highest BCUT2D eigenvalue weighted by Crippen LogP contribution is 2.45. The van der Waals surface area contributed by atoms with E-state index in [0.717, 1.165) is 16.7 Å². The third-order valence-corrected chi connectivity index (χ3v) is 6.64. The van der Waals surface area contributed by atoms with Crippen molar-refractivity contribution >= 4 is 6.09 Å². The molecule has 190 valence electrons. The molecule has 0 spiro atoms. The van der Waals surface area contributed by atoms with Gasteiger partial charge in [0.2, 0.25) is 0 Å². The molecule has 1 aliphatic rings. The molecule has 1 fully saturated rings. The molecule has 1 aliphatic heterocycles. The Bertz CT molecular complexity index is 1050. The van der Waals surface area contributed by atoms with Gasteiger partial charge in [-0.2, -0.15) is 0 Å². The molecule has 1 amide bonds. The van der Waals surface area contributed by atoms with Gasteiger partial charge in [-0.25, -0.2) is 4.79 Å². The summed E-state index contributed by atoms with van der Waals surface area (Å²) in [6.45, 7) is 5.53. The molecule has 3 aromatic rings. The fourth-order valence-electron chi connectivity index (χ4n) is 4.97. The van der Waals surface area contributed by atoms with E-state index in [-0.39, 0.29) is 24.9 Å². The number of hydrogen-bond donors (Lipinski definition) is 2. The Hall–Kier alpha value is -3.15. The number of alkyl carbamates (subject to hydrolysis) is 1. The summed E-state index contributed by atoms with van der Waals surface area (Å²) in [5.74, 6) is 0. The molecule has 5 nitrogen and oxygen atoms in total. The molecule has 1 heterocycles. The lowest BCUT2D eigenvalue weighted by Gasteiger charge is -2.32. The standard InChI is InChI=1S/C31H37NO4/c1-30(2,3)36-29(34)32-26(19-23-13-7-4-8-14-23)27-28(35-27)31(22-33,20-24-15-9-5-10-16-24)21-25-17-11-6-12-18-25/h4-18,26-28,33H,19-22H2,1-3H3,(H,32,34)/t26-,27-,28+/m0/s1. The molecule has 3 atom stereocenters. The van der Waals surface area contributed by atoms with Crippen LogP contribution in [-0.2, 0) is 28.7 Å². The van der Waals surface area contributed by atoms with Crippen LogP contribution in [-0.4, -0.2) is 41.7 Å². The predicted molar refractivity (Wildman–Crippen MR) is 142 cm³/mol. The SMILES string of the molecule is CC(C)(C)OC(=O)N[C@@H](Cc1ccccc1)[C@@H]1O[C@H]1C(CO)(Cc1ccccc1)Cc1ccccc1. The Balaban J connectivity index is 1.60. The van der Waals surface area contributed by atoms with Crippen LogP contribution in [0.3, 0.4) is 0 Å². The number of amides is 1. The second-order valence-corrected chi connectivity index (χ2v) is 10.8. The number of epoxide rings is 1. The van der Waals surface area contributed by atoms with Crippen molar-refractivity contribution in [1.82, 2.24) is 5.32 Å². The normalized spacial score (nSPS) is 18.3. The van der Waals surface area contributed by atoms with Crippen molar-refractivity contribution in [2.75, 3.05) is 6.61 Å². The molecule has 1 saturated heterocycles.